The van der Waals surface area contributed by atoms with E-state index in [2.05, 4.69) is 9.72 Å². The Morgan fingerprint density at radius 1 is 1.24 bits per heavy atom. The lowest BCUT2D eigenvalue weighted by molar-refractivity contribution is -0.143. The molecule has 1 aliphatic heterocycles. The summed E-state index contributed by atoms with van der Waals surface area (Å²) in [5.41, 5.74) is 0.0224. The van der Waals surface area contributed by atoms with Crippen molar-refractivity contribution in [3.63, 3.8) is 0 Å². The number of hydrogen-bond acceptors (Lipinski definition) is 6. The lowest BCUT2D eigenvalue weighted by atomic mass is 9.80. The van der Waals surface area contributed by atoms with Crippen LogP contribution in [0.2, 0.25) is 0 Å². The molecule has 0 atom stereocenters. The minimum Gasteiger partial charge on any atom is -0.466 e. The average Bonchev–Trinajstić information content (AvgIpc) is 2.65. The van der Waals surface area contributed by atoms with Crippen LogP contribution in [-0.4, -0.2) is 43.0 Å². The van der Waals surface area contributed by atoms with Gasteiger partial charge in [0.1, 0.15) is 0 Å². The maximum absolute atomic E-state index is 11.0. The first-order valence-electron chi connectivity index (χ1n) is 6.76. The van der Waals surface area contributed by atoms with E-state index in [1.165, 1.54) is 7.11 Å². The summed E-state index contributed by atoms with van der Waals surface area (Å²) in [6, 6.07) is 3.48. The quantitative estimate of drug-likeness (QED) is 0.608. The zero-order chi connectivity index (χ0) is 15.7. The van der Waals surface area contributed by atoms with E-state index >= 15 is 0 Å². The molecule has 21 heavy (non-hydrogen) atoms. The molecule has 0 saturated carbocycles. The molecule has 1 aromatic rings. The summed E-state index contributed by atoms with van der Waals surface area (Å²) in [4.78, 5) is 15.1. The van der Waals surface area contributed by atoms with Crippen molar-refractivity contribution in [3.05, 3.63) is 18.3 Å². The minimum atomic E-state index is -0.461. The van der Waals surface area contributed by atoms with Gasteiger partial charge in [0.05, 0.1) is 18.3 Å². The molecule has 1 aromatic heterocycles. The van der Waals surface area contributed by atoms with E-state index in [-0.39, 0.29) is 6.61 Å². The summed E-state index contributed by atoms with van der Waals surface area (Å²) in [5.74, 6) is -0.104. The van der Waals surface area contributed by atoms with Crippen LogP contribution in [0.4, 0.5) is 0 Å². The fourth-order valence-corrected chi connectivity index (χ4v) is 1.79. The molecule has 1 saturated heterocycles. The number of carbonyl (C=O) groups excluding carboxylic acids is 1. The number of carbonyl (C=O) groups is 1. The van der Waals surface area contributed by atoms with E-state index in [0.29, 0.717) is 5.88 Å². The Kier molecular flexibility index (Phi) is 4.25. The molecule has 2 heterocycles. The third-order valence-electron chi connectivity index (χ3n) is 3.85. The van der Waals surface area contributed by atoms with Gasteiger partial charge in [0, 0.05) is 11.7 Å². The maximum Gasteiger partial charge on any atom is 0.496 e. The molecule has 2 rings (SSSR count). The highest BCUT2D eigenvalue weighted by atomic mass is 16.7. The van der Waals surface area contributed by atoms with Crippen LogP contribution in [0.5, 0.6) is 5.88 Å². The van der Waals surface area contributed by atoms with Crippen LogP contribution >= 0.6 is 0 Å². The van der Waals surface area contributed by atoms with Crippen LogP contribution in [0.15, 0.2) is 18.3 Å². The van der Waals surface area contributed by atoms with Gasteiger partial charge in [-0.25, -0.2) is 9.78 Å². The summed E-state index contributed by atoms with van der Waals surface area (Å²) in [6.07, 6.45) is 1.62. The van der Waals surface area contributed by atoms with Gasteiger partial charge in [0.2, 0.25) is 5.88 Å². The molecular formula is C14H20BNO5. The third kappa shape index (κ3) is 3.36. The number of esters is 1. The molecule has 114 valence electrons. The number of rotatable bonds is 4. The second-order valence-electron chi connectivity index (χ2n) is 5.88. The maximum atomic E-state index is 11.0. The molecule has 0 aromatic carbocycles. The normalized spacial score (nSPS) is 19.4. The molecule has 0 unspecified atom stereocenters. The Hall–Kier alpha value is -1.60. The van der Waals surface area contributed by atoms with Gasteiger partial charge in [-0.3, -0.25) is 0 Å². The smallest absolute Gasteiger partial charge is 0.466 e. The van der Waals surface area contributed by atoms with E-state index in [1.807, 2.05) is 33.8 Å². The van der Waals surface area contributed by atoms with Crippen molar-refractivity contribution in [1.82, 2.24) is 4.98 Å². The van der Waals surface area contributed by atoms with Gasteiger partial charge in [-0.2, -0.15) is 0 Å². The van der Waals surface area contributed by atoms with Crippen molar-refractivity contribution in [3.8, 4) is 5.88 Å². The van der Waals surface area contributed by atoms with E-state index in [0.717, 1.165) is 5.46 Å². The molecule has 0 bridgehead atoms. The molecule has 7 heteroatoms. The van der Waals surface area contributed by atoms with Gasteiger partial charge in [-0.1, -0.05) is 6.07 Å². The molecule has 0 aliphatic carbocycles. The first-order chi connectivity index (χ1) is 9.75. The second-order valence-corrected chi connectivity index (χ2v) is 5.88. The fourth-order valence-electron chi connectivity index (χ4n) is 1.79. The van der Waals surface area contributed by atoms with Gasteiger partial charge in [-0.15, -0.1) is 0 Å². The predicted molar refractivity (Wildman–Crippen MR) is 77.5 cm³/mol. The Morgan fingerprint density at radius 2 is 1.86 bits per heavy atom. The van der Waals surface area contributed by atoms with Crippen LogP contribution in [0, 0.1) is 0 Å². The van der Waals surface area contributed by atoms with Crippen LogP contribution in [-0.2, 0) is 18.8 Å². The van der Waals surface area contributed by atoms with Crippen molar-refractivity contribution < 1.29 is 23.6 Å². The van der Waals surface area contributed by atoms with Crippen LogP contribution in [0.25, 0.3) is 0 Å². The molecule has 0 spiro atoms. The van der Waals surface area contributed by atoms with Gasteiger partial charge in [-0.05, 0) is 33.8 Å². The molecule has 0 amide bonds. The fraction of sp³-hybridized carbons (Fsp3) is 0.571. The summed E-state index contributed by atoms with van der Waals surface area (Å²) >= 11 is 0. The second kappa shape index (κ2) is 5.65. The van der Waals surface area contributed by atoms with Crippen molar-refractivity contribution >= 4 is 18.6 Å². The van der Waals surface area contributed by atoms with E-state index < -0.39 is 24.3 Å². The number of ether oxygens (including phenoxy) is 2. The Labute approximate surface area is 124 Å². The van der Waals surface area contributed by atoms with Crippen molar-refractivity contribution in [1.29, 1.82) is 0 Å². The standard InChI is InChI=1S/C14H20BNO5/c1-13(2)14(3,4)21-15(20-13)10-6-7-11(16-8-10)19-9-12(17)18-5/h6-8H,9H2,1-5H3. The van der Waals surface area contributed by atoms with Crippen LogP contribution in [0.1, 0.15) is 27.7 Å². The lowest BCUT2D eigenvalue weighted by Crippen LogP contribution is -2.41. The van der Waals surface area contributed by atoms with Gasteiger partial charge >= 0.3 is 13.1 Å². The summed E-state index contributed by atoms with van der Waals surface area (Å²) in [7, 11) is 0.845. The molecule has 0 radical (unpaired) electrons. The van der Waals surface area contributed by atoms with Crippen molar-refractivity contribution in [2.24, 2.45) is 0 Å². The van der Waals surface area contributed by atoms with Crippen molar-refractivity contribution in [2.75, 3.05) is 13.7 Å². The first-order valence-corrected chi connectivity index (χ1v) is 6.76. The monoisotopic (exact) mass is 293 g/mol. The Balaban J connectivity index is 2.02. The summed E-state index contributed by atoms with van der Waals surface area (Å²) < 4.78 is 21.5. The van der Waals surface area contributed by atoms with E-state index in [4.69, 9.17) is 14.0 Å². The first kappa shape index (κ1) is 15.8. The zero-order valence-corrected chi connectivity index (χ0v) is 13.0. The van der Waals surface area contributed by atoms with E-state index in [9.17, 15) is 4.79 Å². The number of methoxy groups -OCH3 is 1. The van der Waals surface area contributed by atoms with Gasteiger partial charge in [0.15, 0.2) is 6.61 Å². The Bertz CT molecular complexity index is 499. The summed E-state index contributed by atoms with van der Waals surface area (Å²) in [6.45, 7) is 7.81. The largest absolute Gasteiger partial charge is 0.496 e. The molecule has 6 nitrogen and oxygen atoms in total. The number of hydrogen-bond donors (Lipinski definition) is 0. The highest BCUT2D eigenvalue weighted by Gasteiger charge is 2.51. The molecular weight excluding hydrogens is 273 g/mol. The topological polar surface area (TPSA) is 66.9 Å². The minimum absolute atomic E-state index is 0.167. The van der Waals surface area contributed by atoms with Crippen molar-refractivity contribution in [2.45, 2.75) is 38.9 Å². The molecule has 1 aliphatic rings. The molecule has 1 fully saturated rings. The van der Waals surface area contributed by atoms with Gasteiger partial charge in [0.25, 0.3) is 0 Å². The third-order valence-corrected chi connectivity index (χ3v) is 3.85. The number of nitrogens with zero attached hydrogens (tertiary/aromatic N) is 1. The highest BCUT2D eigenvalue weighted by molar-refractivity contribution is 6.62. The van der Waals surface area contributed by atoms with Crippen LogP contribution < -0.4 is 10.2 Å². The summed E-state index contributed by atoms with van der Waals surface area (Å²) in [5, 5.41) is 0. The average molecular weight is 293 g/mol. The zero-order valence-electron chi connectivity index (χ0n) is 13.0. The SMILES string of the molecule is COC(=O)COc1ccc(B2OC(C)(C)C(C)(C)O2)cn1. The predicted octanol–water partition coefficient (Wildman–Crippen LogP) is 0.933. The lowest BCUT2D eigenvalue weighted by Gasteiger charge is -2.32. The Morgan fingerprint density at radius 3 is 2.33 bits per heavy atom. The van der Waals surface area contributed by atoms with Crippen LogP contribution in [0.3, 0.4) is 0 Å². The van der Waals surface area contributed by atoms with Gasteiger partial charge < -0.3 is 18.8 Å². The molecule has 0 N–H and O–H groups in total. The van der Waals surface area contributed by atoms with E-state index in [1.54, 1.807) is 12.3 Å². The number of aromatic nitrogens is 1. The number of pyridine rings is 1. The highest BCUT2D eigenvalue weighted by Crippen LogP contribution is 2.36.